The summed E-state index contributed by atoms with van der Waals surface area (Å²) in [6.07, 6.45) is 1.24. The molecule has 1 heterocycles. The van der Waals surface area contributed by atoms with Gasteiger partial charge in [0.1, 0.15) is 0 Å². The molecule has 88 valence electrons. The van der Waals surface area contributed by atoms with E-state index in [9.17, 15) is 0 Å². The molecule has 0 aromatic heterocycles. The summed E-state index contributed by atoms with van der Waals surface area (Å²) in [6, 6.07) is 9.03. The lowest BCUT2D eigenvalue weighted by Gasteiger charge is -2.28. The average molecular weight is 283 g/mol. The van der Waals surface area contributed by atoms with Gasteiger partial charge in [0.25, 0.3) is 0 Å². The van der Waals surface area contributed by atoms with E-state index in [4.69, 9.17) is 0 Å². The first kappa shape index (κ1) is 12.1. The van der Waals surface area contributed by atoms with E-state index in [0.717, 1.165) is 19.6 Å². The van der Waals surface area contributed by atoms with Crippen LogP contribution in [0, 0.1) is 0 Å². The van der Waals surface area contributed by atoms with E-state index in [0.29, 0.717) is 6.04 Å². The standard InChI is InChI=1S/C13H19BrN2/c1-11(12-5-2-3-6-13(12)14)16-9-4-7-15-8-10-16/h2-3,5-6,11,15H,4,7-10H2,1H3. The van der Waals surface area contributed by atoms with Gasteiger partial charge in [-0.05, 0) is 38.1 Å². The molecule has 1 aromatic rings. The Morgan fingerprint density at radius 2 is 2.06 bits per heavy atom. The summed E-state index contributed by atoms with van der Waals surface area (Å²) in [7, 11) is 0. The van der Waals surface area contributed by atoms with Crippen molar-refractivity contribution in [2.75, 3.05) is 26.2 Å². The largest absolute Gasteiger partial charge is 0.315 e. The zero-order chi connectivity index (χ0) is 11.4. The average Bonchev–Trinajstić information content (AvgIpc) is 2.57. The zero-order valence-corrected chi connectivity index (χ0v) is 11.3. The smallest absolute Gasteiger partial charge is 0.0331 e. The number of nitrogens with zero attached hydrogens (tertiary/aromatic N) is 1. The molecule has 0 bridgehead atoms. The van der Waals surface area contributed by atoms with Crippen molar-refractivity contribution in [2.24, 2.45) is 0 Å². The van der Waals surface area contributed by atoms with Crippen LogP contribution in [0.3, 0.4) is 0 Å². The number of nitrogens with one attached hydrogen (secondary N) is 1. The van der Waals surface area contributed by atoms with Crippen LogP contribution in [0.2, 0.25) is 0 Å². The topological polar surface area (TPSA) is 15.3 Å². The molecular formula is C13H19BrN2. The van der Waals surface area contributed by atoms with Crippen molar-refractivity contribution in [3.63, 3.8) is 0 Å². The minimum absolute atomic E-state index is 0.496. The molecule has 0 aliphatic carbocycles. The van der Waals surface area contributed by atoms with Gasteiger partial charge in [0.05, 0.1) is 0 Å². The monoisotopic (exact) mass is 282 g/mol. The summed E-state index contributed by atoms with van der Waals surface area (Å²) in [5, 5.41) is 3.44. The summed E-state index contributed by atoms with van der Waals surface area (Å²) < 4.78 is 1.22. The van der Waals surface area contributed by atoms with Crippen LogP contribution < -0.4 is 5.32 Å². The molecule has 1 aromatic carbocycles. The Bertz CT molecular complexity index is 332. The Balaban J connectivity index is 2.11. The van der Waals surface area contributed by atoms with E-state index in [1.165, 1.54) is 23.0 Å². The lowest BCUT2D eigenvalue weighted by atomic mass is 10.1. The summed E-state index contributed by atoms with van der Waals surface area (Å²) in [4.78, 5) is 2.56. The van der Waals surface area contributed by atoms with Gasteiger partial charge >= 0.3 is 0 Å². The van der Waals surface area contributed by atoms with Gasteiger partial charge in [-0.1, -0.05) is 34.1 Å². The predicted octanol–water partition coefficient (Wildman–Crippen LogP) is 2.81. The molecule has 0 spiro atoms. The summed E-state index contributed by atoms with van der Waals surface area (Å²) in [6.45, 7) is 6.89. The van der Waals surface area contributed by atoms with Crippen molar-refractivity contribution in [3.05, 3.63) is 34.3 Å². The highest BCUT2D eigenvalue weighted by molar-refractivity contribution is 9.10. The van der Waals surface area contributed by atoms with Gasteiger partial charge in [-0.25, -0.2) is 0 Å². The van der Waals surface area contributed by atoms with Crippen molar-refractivity contribution < 1.29 is 0 Å². The molecule has 1 atom stereocenters. The fourth-order valence-electron chi connectivity index (χ4n) is 2.26. The van der Waals surface area contributed by atoms with Gasteiger partial charge in [0, 0.05) is 23.6 Å². The molecule has 0 radical (unpaired) electrons. The van der Waals surface area contributed by atoms with Gasteiger partial charge in [0.2, 0.25) is 0 Å². The molecule has 0 saturated carbocycles. The molecule has 1 aliphatic heterocycles. The SMILES string of the molecule is CC(c1ccccc1Br)N1CCCNCC1. The molecule has 3 heteroatoms. The fraction of sp³-hybridized carbons (Fsp3) is 0.538. The molecule has 1 saturated heterocycles. The first-order valence-corrected chi connectivity index (χ1v) is 6.77. The van der Waals surface area contributed by atoms with Crippen LogP contribution in [0.5, 0.6) is 0 Å². The molecule has 1 fully saturated rings. The van der Waals surface area contributed by atoms with Gasteiger partial charge < -0.3 is 5.32 Å². The minimum Gasteiger partial charge on any atom is -0.315 e. The third-order valence-electron chi connectivity index (χ3n) is 3.28. The van der Waals surface area contributed by atoms with Crippen molar-refractivity contribution in [1.82, 2.24) is 10.2 Å². The number of halogens is 1. The van der Waals surface area contributed by atoms with E-state index >= 15 is 0 Å². The van der Waals surface area contributed by atoms with E-state index in [1.807, 2.05) is 0 Å². The second-order valence-corrected chi connectivity index (χ2v) is 5.19. The third-order valence-corrected chi connectivity index (χ3v) is 4.00. The van der Waals surface area contributed by atoms with Crippen LogP contribution in [0.1, 0.15) is 24.9 Å². The Labute approximate surface area is 106 Å². The highest BCUT2D eigenvalue weighted by Gasteiger charge is 2.18. The predicted molar refractivity (Wildman–Crippen MR) is 71.6 cm³/mol. The summed E-state index contributed by atoms with van der Waals surface area (Å²) >= 11 is 3.64. The molecule has 2 rings (SSSR count). The van der Waals surface area contributed by atoms with Crippen LogP contribution in [0.25, 0.3) is 0 Å². The Kier molecular flexibility index (Phi) is 4.38. The van der Waals surface area contributed by atoms with Crippen molar-refractivity contribution in [2.45, 2.75) is 19.4 Å². The first-order valence-electron chi connectivity index (χ1n) is 5.98. The van der Waals surface area contributed by atoms with E-state index < -0.39 is 0 Å². The maximum absolute atomic E-state index is 3.64. The number of benzene rings is 1. The third kappa shape index (κ3) is 2.84. The van der Waals surface area contributed by atoms with Gasteiger partial charge in [-0.2, -0.15) is 0 Å². The minimum atomic E-state index is 0.496. The van der Waals surface area contributed by atoms with E-state index in [2.05, 4.69) is 57.3 Å². The van der Waals surface area contributed by atoms with Gasteiger partial charge in [-0.15, -0.1) is 0 Å². The van der Waals surface area contributed by atoms with Crippen LogP contribution in [-0.4, -0.2) is 31.1 Å². The maximum atomic E-state index is 3.64. The highest BCUT2D eigenvalue weighted by atomic mass is 79.9. The molecule has 1 N–H and O–H groups in total. The van der Waals surface area contributed by atoms with Crippen LogP contribution >= 0.6 is 15.9 Å². The lowest BCUT2D eigenvalue weighted by Crippen LogP contribution is -2.30. The maximum Gasteiger partial charge on any atom is 0.0331 e. The molecule has 16 heavy (non-hydrogen) atoms. The fourth-order valence-corrected chi connectivity index (χ4v) is 2.88. The normalized spacial score (nSPS) is 20.4. The van der Waals surface area contributed by atoms with Crippen LogP contribution in [0.4, 0.5) is 0 Å². The highest BCUT2D eigenvalue weighted by Crippen LogP contribution is 2.27. The lowest BCUT2D eigenvalue weighted by molar-refractivity contribution is 0.225. The quantitative estimate of drug-likeness (QED) is 0.898. The van der Waals surface area contributed by atoms with E-state index in [-0.39, 0.29) is 0 Å². The van der Waals surface area contributed by atoms with Crippen molar-refractivity contribution in [3.8, 4) is 0 Å². The molecule has 1 unspecified atom stereocenters. The van der Waals surface area contributed by atoms with Crippen molar-refractivity contribution in [1.29, 1.82) is 0 Å². The Morgan fingerprint density at radius 1 is 1.25 bits per heavy atom. The molecular weight excluding hydrogens is 264 g/mol. The second-order valence-electron chi connectivity index (χ2n) is 4.34. The summed E-state index contributed by atoms with van der Waals surface area (Å²) in [5.74, 6) is 0. The Morgan fingerprint density at radius 3 is 2.88 bits per heavy atom. The van der Waals surface area contributed by atoms with Gasteiger partial charge in [-0.3, -0.25) is 4.90 Å². The number of rotatable bonds is 2. The van der Waals surface area contributed by atoms with Gasteiger partial charge in [0.15, 0.2) is 0 Å². The second kappa shape index (κ2) is 5.80. The Hall–Kier alpha value is -0.380. The van der Waals surface area contributed by atoms with Crippen LogP contribution in [-0.2, 0) is 0 Å². The molecule has 1 aliphatic rings. The number of hydrogen-bond donors (Lipinski definition) is 1. The van der Waals surface area contributed by atoms with Crippen molar-refractivity contribution >= 4 is 15.9 Å². The summed E-state index contributed by atoms with van der Waals surface area (Å²) in [5.41, 5.74) is 1.39. The number of hydrogen-bond acceptors (Lipinski definition) is 2. The van der Waals surface area contributed by atoms with Crippen LogP contribution in [0.15, 0.2) is 28.7 Å². The molecule has 2 nitrogen and oxygen atoms in total. The van der Waals surface area contributed by atoms with E-state index in [1.54, 1.807) is 0 Å². The first-order chi connectivity index (χ1) is 7.79. The molecule has 0 amide bonds. The zero-order valence-electron chi connectivity index (χ0n) is 9.75.